The molecule has 19 heavy (non-hydrogen) atoms. The fourth-order valence-electron chi connectivity index (χ4n) is 1.78. The maximum absolute atomic E-state index is 11.6. The van der Waals surface area contributed by atoms with E-state index < -0.39 is 0 Å². The number of methoxy groups -OCH3 is 1. The molecule has 0 aliphatic rings. The van der Waals surface area contributed by atoms with Gasteiger partial charge in [-0.1, -0.05) is 30.9 Å². The second-order valence-electron chi connectivity index (χ2n) is 3.97. The highest BCUT2D eigenvalue weighted by molar-refractivity contribution is 5.90. The van der Waals surface area contributed by atoms with E-state index in [1.165, 1.54) is 7.11 Å². The number of pyridine rings is 1. The zero-order valence-corrected chi connectivity index (χ0v) is 11.4. The molecule has 1 aromatic rings. The van der Waals surface area contributed by atoms with E-state index in [2.05, 4.69) is 11.6 Å². The molecule has 0 unspecified atom stereocenters. The van der Waals surface area contributed by atoms with Crippen molar-refractivity contribution in [3.05, 3.63) is 66.0 Å². The molecule has 1 rings (SSSR count). The third-order valence-corrected chi connectivity index (χ3v) is 2.66. The highest BCUT2D eigenvalue weighted by Crippen LogP contribution is 2.13. The Bertz CT molecular complexity index is 501. The van der Waals surface area contributed by atoms with E-state index in [0.717, 1.165) is 17.7 Å². The molecule has 0 saturated heterocycles. The van der Waals surface area contributed by atoms with Gasteiger partial charge in [-0.05, 0) is 37.5 Å². The minimum atomic E-state index is -0.344. The maximum atomic E-state index is 11.6. The predicted molar refractivity (Wildman–Crippen MR) is 77.0 cm³/mol. The number of aryl methyl sites for hydroxylation is 1. The molecule has 0 radical (unpaired) electrons. The lowest BCUT2D eigenvalue weighted by Gasteiger charge is -2.07. The average molecular weight is 257 g/mol. The molecule has 0 aromatic carbocycles. The van der Waals surface area contributed by atoms with Gasteiger partial charge in [-0.2, -0.15) is 0 Å². The van der Waals surface area contributed by atoms with Gasteiger partial charge < -0.3 is 4.74 Å². The molecule has 0 bridgehead atoms. The summed E-state index contributed by atoms with van der Waals surface area (Å²) < 4.78 is 4.76. The lowest BCUT2D eigenvalue weighted by Crippen LogP contribution is -2.07. The molecule has 0 N–H and O–H groups in total. The van der Waals surface area contributed by atoms with Gasteiger partial charge in [0.1, 0.15) is 0 Å². The van der Waals surface area contributed by atoms with Gasteiger partial charge in [0.15, 0.2) is 0 Å². The SMILES string of the molecule is C=C/C=C(\C=C/C)CCc1ncccc1C(=O)OC. The zero-order chi connectivity index (χ0) is 14.1. The number of nitrogens with zero attached hydrogens (tertiary/aromatic N) is 1. The van der Waals surface area contributed by atoms with Crippen LogP contribution in [0.3, 0.4) is 0 Å². The first kappa shape index (κ1) is 14.9. The molecule has 1 aromatic heterocycles. The summed E-state index contributed by atoms with van der Waals surface area (Å²) in [7, 11) is 1.38. The van der Waals surface area contributed by atoms with Crippen molar-refractivity contribution in [3.63, 3.8) is 0 Å². The number of hydrogen-bond acceptors (Lipinski definition) is 3. The molecule has 100 valence electrons. The molecule has 0 amide bonds. The number of esters is 1. The number of carbonyl (C=O) groups excluding carboxylic acids is 1. The summed E-state index contributed by atoms with van der Waals surface area (Å²) in [6.07, 6.45) is 10.9. The van der Waals surface area contributed by atoms with Crippen LogP contribution in [-0.4, -0.2) is 18.1 Å². The van der Waals surface area contributed by atoms with Crippen LogP contribution in [-0.2, 0) is 11.2 Å². The minimum absolute atomic E-state index is 0.344. The van der Waals surface area contributed by atoms with Gasteiger partial charge in [0.05, 0.1) is 18.4 Å². The number of allylic oxidation sites excluding steroid dienone is 5. The van der Waals surface area contributed by atoms with E-state index >= 15 is 0 Å². The van der Waals surface area contributed by atoms with Crippen LogP contribution < -0.4 is 0 Å². The quantitative estimate of drug-likeness (QED) is 0.578. The maximum Gasteiger partial charge on any atom is 0.339 e. The first-order valence-corrected chi connectivity index (χ1v) is 6.19. The number of ether oxygens (including phenoxy) is 1. The zero-order valence-electron chi connectivity index (χ0n) is 11.4. The van der Waals surface area contributed by atoms with Crippen molar-refractivity contribution in [2.24, 2.45) is 0 Å². The molecule has 3 nitrogen and oxygen atoms in total. The normalized spacial score (nSPS) is 11.6. The second-order valence-corrected chi connectivity index (χ2v) is 3.97. The Morgan fingerprint density at radius 3 is 2.95 bits per heavy atom. The third kappa shape index (κ3) is 4.54. The van der Waals surface area contributed by atoms with Crippen molar-refractivity contribution in [1.82, 2.24) is 4.98 Å². The second kappa shape index (κ2) is 8.03. The van der Waals surface area contributed by atoms with Crippen LogP contribution in [0.2, 0.25) is 0 Å². The summed E-state index contributed by atoms with van der Waals surface area (Å²) >= 11 is 0. The van der Waals surface area contributed by atoms with E-state index in [1.807, 2.05) is 25.2 Å². The largest absolute Gasteiger partial charge is 0.465 e. The number of aromatic nitrogens is 1. The molecule has 0 aliphatic carbocycles. The molecular formula is C16H19NO2. The van der Waals surface area contributed by atoms with Crippen molar-refractivity contribution in [2.75, 3.05) is 7.11 Å². The van der Waals surface area contributed by atoms with Crippen LogP contribution in [0.15, 0.2) is 54.8 Å². The fraction of sp³-hybridized carbons (Fsp3) is 0.250. The molecule has 0 aliphatic heterocycles. The fourth-order valence-corrected chi connectivity index (χ4v) is 1.78. The molecule has 0 atom stereocenters. The average Bonchev–Trinajstić information content (AvgIpc) is 2.44. The minimum Gasteiger partial charge on any atom is -0.465 e. The summed E-state index contributed by atoms with van der Waals surface area (Å²) in [5.41, 5.74) is 2.44. The van der Waals surface area contributed by atoms with E-state index in [9.17, 15) is 4.79 Å². The van der Waals surface area contributed by atoms with E-state index in [1.54, 1.807) is 24.4 Å². The smallest absolute Gasteiger partial charge is 0.339 e. The van der Waals surface area contributed by atoms with Gasteiger partial charge in [-0.25, -0.2) is 4.79 Å². The Hall–Kier alpha value is -2.16. The van der Waals surface area contributed by atoms with Crippen LogP contribution in [0.4, 0.5) is 0 Å². The first-order chi connectivity index (χ1) is 9.22. The van der Waals surface area contributed by atoms with Crippen LogP contribution >= 0.6 is 0 Å². The molecule has 1 heterocycles. The lowest BCUT2D eigenvalue weighted by molar-refractivity contribution is 0.0599. The number of hydrogen-bond donors (Lipinski definition) is 0. The summed E-state index contributed by atoms with van der Waals surface area (Å²) in [5, 5.41) is 0. The van der Waals surface area contributed by atoms with Crippen LogP contribution in [0.1, 0.15) is 29.4 Å². The van der Waals surface area contributed by atoms with Gasteiger partial charge in [0, 0.05) is 6.20 Å². The monoisotopic (exact) mass is 257 g/mol. The van der Waals surface area contributed by atoms with Gasteiger partial charge in [0.2, 0.25) is 0 Å². The molecule has 0 spiro atoms. The van der Waals surface area contributed by atoms with E-state index in [-0.39, 0.29) is 5.97 Å². The summed E-state index contributed by atoms with van der Waals surface area (Å²) in [4.78, 5) is 15.9. The third-order valence-electron chi connectivity index (χ3n) is 2.66. The highest BCUT2D eigenvalue weighted by Gasteiger charge is 2.12. The first-order valence-electron chi connectivity index (χ1n) is 6.19. The summed E-state index contributed by atoms with van der Waals surface area (Å²) in [5.74, 6) is -0.344. The topological polar surface area (TPSA) is 39.2 Å². The van der Waals surface area contributed by atoms with Crippen molar-refractivity contribution < 1.29 is 9.53 Å². The summed E-state index contributed by atoms with van der Waals surface area (Å²) in [6.45, 7) is 5.67. The molecular weight excluding hydrogens is 238 g/mol. The van der Waals surface area contributed by atoms with Crippen molar-refractivity contribution in [1.29, 1.82) is 0 Å². The van der Waals surface area contributed by atoms with Gasteiger partial charge in [-0.3, -0.25) is 4.98 Å². The van der Waals surface area contributed by atoms with Crippen molar-refractivity contribution in [2.45, 2.75) is 19.8 Å². The molecule has 3 heteroatoms. The van der Waals surface area contributed by atoms with Crippen molar-refractivity contribution in [3.8, 4) is 0 Å². The highest BCUT2D eigenvalue weighted by atomic mass is 16.5. The predicted octanol–water partition coefficient (Wildman–Crippen LogP) is 3.49. The van der Waals surface area contributed by atoms with Gasteiger partial charge >= 0.3 is 5.97 Å². The van der Waals surface area contributed by atoms with Crippen molar-refractivity contribution >= 4 is 5.97 Å². The molecule has 0 fully saturated rings. The number of rotatable bonds is 6. The van der Waals surface area contributed by atoms with Crippen LogP contribution in [0.25, 0.3) is 0 Å². The Morgan fingerprint density at radius 1 is 1.53 bits per heavy atom. The molecule has 0 saturated carbocycles. The lowest BCUT2D eigenvalue weighted by atomic mass is 10.0. The van der Waals surface area contributed by atoms with E-state index in [4.69, 9.17) is 4.74 Å². The Balaban J connectivity index is 2.85. The van der Waals surface area contributed by atoms with E-state index in [0.29, 0.717) is 12.0 Å². The standard InChI is InChI=1S/C16H19NO2/c1-4-7-13(8-5-2)10-11-15-14(16(18)19-3)9-6-12-17-15/h4-9,12H,1,10-11H2,2-3H3/b8-5-,13-7+. The Morgan fingerprint density at radius 2 is 2.32 bits per heavy atom. The van der Waals surface area contributed by atoms with Gasteiger partial charge in [-0.15, -0.1) is 0 Å². The van der Waals surface area contributed by atoms with Gasteiger partial charge in [0.25, 0.3) is 0 Å². The Kier molecular flexibility index (Phi) is 6.30. The Labute approximate surface area is 114 Å². The number of carbonyl (C=O) groups is 1. The van der Waals surface area contributed by atoms with Crippen LogP contribution in [0.5, 0.6) is 0 Å². The van der Waals surface area contributed by atoms with Crippen LogP contribution in [0, 0.1) is 0 Å². The summed E-state index contributed by atoms with van der Waals surface area (Å²) in [6, 6.07) is 3.48.